The first-order chi connectivity index (χ1) is 18.2. The highest BCUT2D eigenvalue weighted by molar-refractivity contribution is 6.13. The standard InChI is InChI=1S/C29H25N5O4/c1-17-9-18(2)19(3)28(10-17)38-23-12-21(11-22(13-23)34(36)37)31-29(35)25-14-27(20-15-30-33(4)16-20)32-26-8-6-5-7-24(25)26/h5-16H,1-4H3,(H,31,35). The Labute approximate surface area is 218 Å². The number of hydrogen-bond acceptors (Lipinski definition) is 6. The van der Waals surface area contributed by atoms with Crippen molar-refractivity contribution < 1.29 is 14.5 Å². The smallest absolute Gasteiger partial charge is 0.275 e. The Morgan fingerprint density at radius 2 is 1.84 bits per heavy atom. The lowest BCUT2D eigenvalue weighted by atomic mass is 10.0. The number of ether oxygens (including phenoxy) is 1. The summed E-state index contributed by atoms with van der Waals surface area (Å²) in [6.07, 6.45) is 3.50. The largest absolute Gasteiger partial charge is 0.457 e. The van der Waals surface area contributed by atoms with E-state index in [1.54, 1.807) is 30.1 Å². The fraction of sp³-hybridized carbons (Fsp3) is 0.138. The van der Waals surface area contributed by atoms with Crippen LogP contribution in [0.25, 0.3) is 22.2 Å². The van der Waals surface area contributed by atoms with Crippen LogP contribution in [0.4, 0.5) is 11.4 Å². The Morgan fingerprint density at radius 1 is 1.05 bits per heavy atom. The molecule has 5 rings (SSSR count). The lowest BCUT2D eigenvalue weighted by Crippen LogP contribution is -2.13. The Bertz CT molecular complexity index is 1720. The highest BCUT2D eigenvalue weighted by atomic mass is 16.6. The number of nitro groups is 1. The van der Waals surface area contributed by atoms with Gasteiger partial charge in [0, 0.05) is 36.3 Å². The molecule has 2 aromatic heterocycles. The Kier molecular flexibility index (Phi) is 6.34. The molecule has 5 aromatic rings. The van der Waals surface area contributed by atoms with E-state index in [1.165, 1.54) is 12.1 Å². The van der Waals surface area contributed by atoms with Crippen LogP contribution < -0.4 is 10.1 Å². The topological polar surface area (TPSA) is 112 Å². The van der Waals surface area contributed by atoms with Crippen LogP contribution in [0.1, 0.15) is 27.0 Å². The molecule has 0 radical (unpaired) electrons. The van der Waals surface area contributed by atoms with Crippen molar-refractivity contribution in [2.75, 3.05) is 5.32 Å². The van der Waals surface area contributed by atoms with Gasteiger partial charge in [0.25, 0.3) is 11.6 Å². The van der Waals surface area contributed by atoms with Gasteiger partial charge >= 0.3 is 0 Å². The van der Waals surface area contributed by atoms with Crippen LogP contribution in [0.2, 0.25) is 0 Å². The first kappa shape index (κ1) is 24.6. The zero-order valence-electron chi connectivity index (χ0n) is 21.4. The van der Waals surface area contributed by atoms with Crippen molar-refractivity contribution >= 4 is 28.2 Å². The maximum absolute atomic E-state index is 13.5. The molecule has 0 aliphatic carbocycles. The van der Waals surface area contributed by atoms with Gasteiger partial charge in [0.2, 0.25) is 0 Å². The molecule has 0 saturated heterocycles. The summed E-state index contributed by atoms with van der Waals surface area (Å²) in [4.78, 5) is 29.4. The number of carbonyl (C=O) groups is 1. The minimum atomic E-state index is -0.515. The molecule has 0 unspecified atom stereocenters. The molecule has 1 amide bonds. The maximum Gasteiger partial charge on any atom is 0.275 e. The second-order valence-electron chi connectivity index (χ2n) is 9.21. The van der Waals surface area contributed by atoms with Crippen LogP contribution in [0.15, 0.2) is 73.1 Å². The number of rotatable bonds is 6. The summed E-state index contributed by atoms with van der Waals surface area (Å²) in [6.45, 7) is 5.86. The van der Waals surface area contributed by atoms with Crippen LogP contribution in [0.3, 0.4) is 0 Å². The number of anilines is 1. The Hall–Kier alpha value is -5.05. The number of hydrogen-bond donors (Lipinski definition) is 1. The molecule has 38 heavy (non-hydrogen) atoms. The number of aromatic nitrogens is 3. The molecule has 0 fully saturated rings. The summed E-state index contributed by atoms with van der Waals surface area (Å²) in [5.74, 6) is 0.419. The van der Waals surface area contributed by atoms with E-state index < -0.39 is 10.8 Å². The summed E-state index contributed by atoms with van der Waals surface area (Å²) >= 11 is 0. The molecule has 9 nitrogen and oxygen atoms in total. The SMILES string of the molecule is Cc1cc(C)c(C)c(Oc2cc(NC(=O)c3cc(-c4cnn(C)c4)nc4ccccc34)cc([N+](=O)[O-])c2)c1. The van der Waals surface area contributed by atoms with Crippen LogP contribution in [0, 0.1) is 30.9 Å². The number of carbonyl (C=O) groups excluding carboxylic acids is 1. The van der Waals surface area contributed by atoms with Gasteiger partial charge in [-0.25, -0.2) is 4.98 Å². The number of nitrogens with zero attached hydrogens (tertiary/aromatic N) is 4. The monoisotopic (exact) mass is 507 g/mol. The second kappa shape index (κ2) is 9.78. The van der Waals surface area contributed by atoms with Crippen molar-refractivity contribution in [3.63, 3.8) is 0 Å². The molecule has 1 N–H and O–H groups in total. The molecule has 0 saturated carbocycles. The Morgan fingerprint density at radius 3 is 2.58 bits per heavy atom. The van der Waals surface area contributed by atoms with Crippen LogP contribution in [-0.4, -0.2) is 25.6 Å². The third-order valence-corrected chi connectivity index (χ3v) is 6.31. The highest BCUT2D eigenvalue weighted by Gasteiger charge is 2.18. The van der Waals surface area contributed by atoms with Crippen LogP contribution >= 0.6 is 0 Å². The average Bonchev–Trinajstić information content (AvgIpc) is 3.32. The lowest BCUT2D eigenvalue weighted by Gasteiger charge is -2.14. The van der Waals surface area contributed by atoms with Gasteiger partial charge in [0.15, 0.2) is 0 Å². The normalized spacial score (nSPS) is 10.9. The lowest BCUT2D eigenvalue weighted by molar-refractivity contribution is -0.384. The molecule has 0 aliphatic heterocycles. The number of benzene rings is 3. The van der Waals surface area contributed by atoms with Crippen LogP contribution in [0.5, 0.6) is 11.5 Å². The number of para-hydroxylation sites is 1. The van der Waals surface area contributed by atoms with Crippen molar-refractivity contribution in [3.8, 4) is 22.8 Å². The van der Waals surface area contributed by atoms with Gasteiger partial charge < -0.3 is 10.1 Å². The van der Waals surface area contributed by atoms with E-state index in [9.17, 15) is 14.9 Å². The predicted octanol–water partition coefficient (Wildman–Crippen LogP) is 6.51. The van der Waals surface area contributed by atoms with Gasteiger partial charge in [-0.05, 0) is 55.7 Å². The summed E-state index contributed by atoms with van der Waals surface area (Å²) in [6, 6.07) is 17.2. The minimum Gasteiger partial charge on any atom is -0.457 e. The molecule has 0 spiro atoms. The van der Waals surface area contributed by atoms with E-state index in [4.69, 9.17) is 4.74 Å². The highest BCUT2D eigenvalue weighted by Crippen LogP contribution is 2.33. The fourth-order valence-electron chi connectivity index (χ4n) is 4.32. The van der Waals surface area contributed by atoms with E-state index in [0.29, 0.717) is 27.9 Å². The number of nitrogens with one attached hydrogen (secondary N) is 1. The first-order valence-corrected chi connectivity index (χ1v) is 11.9. The number of aryl methyl sites for hydroxylation is 3. The van der Waals surface area contributed by atoms with Crippen molar-refractivity contribution in [2.24, 2.45) is 7.05 Å². The van der Waals surface area contributed by atoms with Gasteiger partial charge in [-0.15, -0.1) is 0 Å². The number of fused-ring (bicyclic) bond motifs is 1. The molecule has 3 aromatic carbocycles. The summed E-state index contributed by atoms with van der Waals surface area (Å²) in [5, 5.41) is 19.4. The zero-order chi connectivity index (χ0) is 27.0. The van der Waals surface area contributed by atoms with Gasteiger partial charge in [-0.1, -0.05) is 24.3 Å². The van der Waals surface area contributed by atoms with Crippen molar-refractivity contribution in [3.05, 3.63) is 105 Å². The number of pyridine rings is 1. The minimum absolute atomic E-state index is 0.199. The van der Waals surface area contributed by atoms with E-state index >= 15 is 0 Å². The number of non-ortho nitro benzene ring substituents is 1. The van der Waals surface area contributed by atoms with E-state index in [-0.39, 0.29) is 17.1 Å². The van der Waals surface area contributed by atoms with Gasteiger partial charge in [0.05, 0.1) is 39.6 Å². The average molecular weight is 508 g/mol. The molecular weight excluding hydrogens is 482 g/mol. The van der Waals surface area contributed by atoms with Crippen molar-refractivity contribution in [1.82, 2.24) is 14.8 Å². The molecular formula is C29H25N5O4. The quantitative estimate of drug-likeness (QED) is 0.207. The van der Waals surface area contributed by atoms with Gasteiger partial charge in [-0.2, -0.15) is 5.10 Å². The maximum atomic E-state index is 13.5. The van der Waals surface area contributed by atoms with Crippen LogP contribution in [-0.2, 0) is 7.05 Å². The molecule has 0 aliphatic rings. The summed E-state index contributed by atoms with van der Waals surface area (Å²) in [5.41, 5.74) is 5.42. The molecule has 0 bridgehead atoms. The third kappa shape index (κ3) is 4.94. The van der Waals surface area contributed by atoms with Crippen molar-refractivity contribution in [1.29, 1.82) is 0 Å². The number of amides is 1. The first-order valence-electron chi connectivity index (χ1n) is 11.9. The number of nitro benzene ring substituents is 1. The molecule has 9 heteroatoms. The van der Waals surface area contributed by atoms with E-state index in [2.05, 4.69) is 15.4 Å². The fourth-order valence-corrected chi connectivity index (χ4v) is 4.32. The summed E-state index contributed by atoms with van der Waals surface area (Å²) in [7, 11) is 1.81. The second-order valence-corrected chi connectivity index (χ2v) is 9.21. The zero-order valence-corrected chi connectivity index (χ0v) is 21.4. The molecule has 190 valence electrons. The third-order valence-electron chi connectivity index (χ3n) is 6.31. The summed E-state index contributed by atoms with van der Waals surface area (Å²) < 4.78 is 7.72. The van der Waals surface area contributed by atoms with E-state index in [0.717, 1.165) is 22.3 Å². The molecule has 2 heterocycles. The molecule has 0 atom stereocenters. The van der Waals surface area contributed by atoms with Crippen molar-refractivity contribution in [2.45, 2.75) is 20.8 Å². The predicted molar refractivity (Wildman–Crippen MR) is 146 cm³/mol. The van der Waals surface area contributed by atoms with Gasteiger partial charge in [0.1, 0.15) is 11.5 Å². The Balaban J connectivity index is 1.53. The van der Waals surface area contributed by atoms with E-state index in [1.807, 2.05) is 63.4 Å². The van der Waals surface area contributed by atoms with Gasteiger partial charge in [-0.3, -0.25) is 19.6 Å².